The molecule has 2 N–H and O–H groups in total. The zero-order valence-corrected chi connectivity index (χ0v) is 12.6. The lowest BCUT2D eigenvalue weighted by Crippen LogP contribution is -2.17. The highest BCUT2D eigenvalue weighted by molar-refractivity contribution is 7.11. The zero-order chi connectivity index (χ0) is 13.9. The van der Waals surface area contributed by atoms with Crippen molar-refractivity contribution in [2.24, 2.45) is 5.73 Å². The first kappa shape index (κ1) is 13.6. The molecule has 1 aliphatic carbocycles. The van der Waals surface area contributed by atoms with Crippen molar-refractivity contribution in [3.63, 3.8) is 0 Å². The van der Waals surface area contributed by atoms with E-state index in [0.717, 1.165) is 18.7 Å². The number of hydrogen-bond donors (Lipinski definition) is 1. The van der Waals surface area contributed by atoms with Crippen molar-refractivity contribution < 1.29 is 4.74 Å². The van der Waals surface area contributed by atoms with Crippen LogP contribution in [0.1, 0.15) is 39.9 Å². The van der Waals surface area contributed by atoms with Gasteiger partial charge in [0.2, 0.25) is 0 Å². The predicted octanol–water partition coefficient (Wildman–Crippen LogP) is 3.12. The van der Waals surface area contributed by atoms with Gasteiger partial charge in [-0.1, -0.05) is 12.1 Å². The second-order valence-electron chi connectivity index (χ2n) is 5.27. The molecule has 0 bridgehead atoms. The molecule has 0 saturated carbocycles. The first-order chi connectivity index (χ1) is 9.80. The molecule has 0 radical (unpaired) electrons. The molecular weight excluding hydrogens is 268 g/mol. The molecule has 2 aromatic rings. The summed E-state index contributed by atoms with van der Waals surface area (Å²) < 4.78 is 5.27. The topological polar surface area (TPSA) is 48.1 Å². The van der Waals surface area contributed by atoms with E-state index in [9.17, 15) is 0 Å². The lowest BCUT2D eigenvalue weighted by Gasteiger charge is -2.18. The maximum Gasteiger partial charge on any atom is 0.119 e. The van der Waals surface area contributed by atoms with Crippen LogP contribution in [0.15, 0.2) is 24.3 Å². The van der Waals surface area contributed by atoms with Gasteiger partial charge in [0, 0.05) is 23.8 Å². The maximum atomic E-state index is 5.87. The number of nitrogens with two attached hydrogens (primary N) is 1. The van der Waals surface area contributed by atoms with Gasteiger partial charge in [-0.05, 0) is 37.0 Å². The van der Waals surface area contributed by atoms with Crippen molar-refractivity contribution in [1.82, 2.24) is 4.98 Å². The molecule has 1 atom stereocenters. The Morgan fingerprint density at radius 1 is 1.45 bits per heavy atom. The number of methoxy groups -OCH3 is 1. The smallest absolute Gasteiger partial charge is 0.119 e. The minimum atomic E-state index is 0.467. The molecule has 0 amide bonds. The van der Waals surface area contributed by atoms with E-state index in [1.165, 1.54) is 40.4 Å². The Hall–Kier alpha value is -1.39. The van der Waals surface area contributed by atoms with Gasteiger partial charge in [0.05, 0.1) is 17.8 Å². The molecule has 0 fully saturated rings. The Morgan fingerprint density at radius 2 is 2.35 bits per heavy atom. The molecule has 1 aromatic heterocycles. The highest BCUT2D eigenvalue weighted by Gasteiger charge is 2.23. The number of aryl methyl sites for hydroxylation is 1. The van der Waals surface area contributed by atoms with Crippen LogP contribution >= 0.6 is 11.3 Å². The van der Waals surface area contributed by atoms with Crippen LogP contribution in [0.4, 0.5) is 0 Å². The van der Waals surface area contributed by atoms with E-state index >= 15 is 0 Å². The van der Waals surface area contributed by atoms with Gasteiger partial charge in [-0.2, -0.15) is 0 Å². The lowest BCUT2D eigenvalue weighted by molar-refractivity contribution is 0.414. The molecule has 1 unspecified atom stereocenters. The molecule has 20 heavy (non-hydrogen) atoms. The number of fused-ring (bicyclic) bond motifs is 1. The molecular formula is C16H20N2OS. The first-order valence-corrected chi connectivity index (χ1v) is 7.93. The van der Waals surface area contributed by atoms with E-state index in [-0.39, 0.29) is 0 Å². The average molecular weight is 288 g/mol. The fourth-order valence-electron chi connectivity index (χ4n) is 2.82. The number of aromatic nitrogens is 1. The summed E-state index contributed by atoms with van der Waals surface area (Å²) in [5.41, 5.74) is 8.38. The van der Waals surface area contributed by atoms with Gasteiger partial charge in [0.15, 0.2) is 0 Å². The normalized spacial score (nSPS) is 17.8. The van der Waals surface area contributed by atoms with E-state index in [0.29, 0.717) is 5.92 Å². The third kappa shape index (κ3) is 2.72. The van der Waals surface area contributed by atoms with Crippen LogP contribution in [-0.4, -0.2) is 18.6 Å². The quantitative estimate of drug-likeness (QED) is 0.940. The first-order valence-electron chi connectivity index (χ1n) is 7.11. The summed E-state index contributed by atoms with van der Waals surface area (Å²) in [6.45, 7) is 0.718. The van der Waals surface area contributed by atoms with Gasteiger partial charge in [0.25, 0.3) is 0 Å². The van der Waals surface area contributed by atoms with E-state index in [1.54, 1.807) is 7.11 Å². The Kier molecular flexibility index (Phi) is 4.03. The lowest BCUT2D eigenvalue weighted by atomic mass is 9.91. The van der Waals surface area contributed by atoms with Gasteiger partial charge < -0.3 is 10.5 Å². The highest BCUT2D eigenvalue weighted by atomic mass is 32.1. The van der Waals surface area contributed by atoms with Gasteiger partial charge in [-0.25, -0.2) is 4.98 Å². The van der Waals surface area contributed by atoms with Crippen LogP contribution in [0.5, 0.6) is 5.75 Å². The minimum Gasteiger partial charge on any atom is -0.497 e. The average Bonchev–Trinajstić information content (AvgIpc) is 2.89. The van der Waals surface area contributed by atoms with E-state index in [4.69, 9.17) is 15.5 Å². The molecule has 3 rings (SSSR count). The fourth-order valence-corrected chi connectivity index (χ4v) is 4.05. The van der Waals surface area contributed by atoms with Crippen LogP contribution in [0, 0.1) is 0 Å². The van der Waals surface area contributed by atoms with E-state index in [1.807, 2.05) is 23.5 Å². The number of nitrogens with zero attached hydrogens (tertiary/aromatic N) is 1. The number of rotatable bonds is 4. The van der Waals surface area contributed by atoms with Crippen LogP contribution in [-0.2, 0) is 12.8 Å². The monoisotopic (exact) mass is 288 g/mol. The van der Waals surface area contributed by atoms with Crippen molar-refractivity contribution in [3.8, 4) is 5.75 Å². The van der Waals surface area contributed by atoms with Crippen molar-refractivity contribution in [1.29, 1.82) is 0 Å². The Labute approximate surface area is 123 Å². The van der Waals surface area contributed by atoms with Crippen LogP contribution < -0.4 is 10.5 Å². The number of hydrogen-bond acceptors (Lipinski definition) is 4. The van der Waals surface area contributed by atoms with Crippen LogP contribution in [0.2, 0.25) is 0 Å². The molecule has 3 nitrogen and oxygen atoms in total. The second-order valence-corrected chi connectivity index (χ2v) is 6.44. The molecule has 0 spiro atoms. The van der Waals surface area contributed by atoms with Crippen molar-refractivity contribution in [3.05, 3.63) is 45.4 Å². The molecule has 1 aliphatic rings. The fraction of sp³-hybridized carbons (Fsp3) is 0.438. The number of ether oxygens (including phenoxy) is 1. The third-order valence-electron chi connectivity index (χ3n) is 3.89. The number of benzene rings is 1. The molecule has 4 heteroatoms. The summed E-state index contributed by atoms with van der Waals surface area (Å²) in [4.78, 5) is 6.30. The van der Waals surface area contributed by atoms with E-state index in [2.05, 4.69) is 12.1 Å². The Balaban J connectivity index is 1.83. The zero-order valence-electron chi connectivity index (χ0n) is 11.8. The van der Waals surface area contributed by atoms with E-state index < -0.39 is 0 Å². The second kappa shape index (κ2) is 5.94. The summed E-state index contributed by atoms with van der Waals surface area (Å²) in [5, 5.41) is 1.20. The van der Waals surface area contributed by atoms with Crippen molar-refractivity contribution in [2.45, 2.75) is 31.6 Å². The Bertz CT molecular complexity index is 594. The third-order valence-corrected chi connectivity index (χ3v) is 5.02. The Morgan fingerprint density at radius 3 is 3.15 bits per heavy atom. The van der Waals surface area contributed by atoms with Crippen molar-refractivity contribution >= 4 is 11.3 Å². The summed E-state index contributed by atoms with van der Waals surface area (Å²) in [6.07, 6.45) is 4.48. The van der Waals surface area contributed by atoms with Gasteiger partial charge >= 0.3 is 0 Å². The summed E-state index contributed by atoms with van der Waals surface area (Å²) >= 11 is 1.86. The molecule has 0 aliphatic heterocycles. The molecule has 106 valence electrons. The molecule has 0 saturated heterocycles. The number of thiazole rings is 1. The standard InChI is InChI=1S/C16H20N2OS/c1-19-13-6-2-4-11(8-13)9-15-18-16-12(10-17)5-3-7-14(16)20-15/h2,4,6,8,12H,3,5,7,9-10,17H2,1H3. The van der Waals surface area contributed by atoms with Crippen LogP contribution in [0.3, 0.4) is 0 Å². The molecule has 1 heterocycles. The largest absolute Gasteiger partial charge is 0.497 e. The summed E-state index contributed by atoms with van der Waals surface area (Å²) in [6, 6.07) is 8.22. The summed E-state index contributed by atoms with van der Waals surface area (Å²) in [5.74, 6) is 1.37. The highest BCUT2D eigenvalue weighted by Crippen LogP contribution is 2.34. The van der Waals surface area contributed by atoms with Gasteiger partial charge in [0.1, 0.15) is 5.75 Å². The van der Waals surface area contributed by atoms with Crippen molar-refractivity contribution in [2.75, 3.05) is 13.7 Å². The minimum absolute atomic E-state index is 0.467. The predicted molar refractivity (Wildman–Crippen MR) is 82.6 cm³/mol. The summed E-state index contributed by atoms with van der Waals surface area (Å²) in [7, 11) is 1.70. The van der Waals surface area contributed by atoms with Gasteiger partial charge in [-0.15, -0.1) is 11.3 Å². The van der Waals surface area contributed by atoms with Crippen LogP contribution in [0.25, 0.3) is 0 Å². The maximum absolute atomic E-state index is 5.87. The SMILES string of the molecule is COc1cccc(Cc2nc3c(s2)CCCC3CN)c1. The van der Waals surface area contributed by atoms with Gasteiger partial charge in [-0.3, -0.25) is 0 Å². The molecule has 1 aromatic carbocycles.